The summed E-state index contributed by atoms with van der Waals surface area (Å²) in [6, 6.07) is 19.7. The zero-order valence-electron chi connectivity index (χ0n) is 14.1. The van der Waals surface area contributed by atoms with Crippen LogP contribution in [0.15, 0.2) is 83.5 Å². The molecule has 2 aromatic heterocycles. The van der Waals surface area contributed by atoms with Crippen molar-refractivity contribution in [2.75, 3.05) is 5.32 Å². The summed E-state index contributed by atoms with van der Waals surface area (Å²) in [5, 5.41) is 10.3. The number of benzene rings is 2. The highest BCUT2D eigenvalue weighted by molar-refractivity contribution is 6.03. The van der Waals surface area contributed by atoms with Crippen LogP contribution < -0.4 is 10.1 Å². The fourth-order valence-corrected chi connectivity index (χ4v) is 2.35. The van der Waals surface area contributed by atoms with Gasteiger partial charge in [-0.3, -0.25) is 15.1 Å². The third kappa shape index (κ3) is 3.98. The van der Waals surface area contributed by atoms with Crippen LogP contribution in [0.2, 0.25) is 0 Å². The molecule has 0 bridgehead atoms. The maximum absolute atomic E-state index is 12.3. The Balaban J connectivity index is 1.42. The summed E-state index contributed by atoms with van der Waals surface area (Å²) in [6.45, 7) is 0. The predicted octanol–water partition coefficient (Wildman–Crippen LogP) is 4.18. The maximum atomic E-state index is 12.3. The van der Waals surface area contributed by atoms with Crippen LogP contribution >= 0.6 is 0 Å². The van der Waals surface area contributed by atoms with Crippen LogP contribution in [0.25, 0.3) is 11.5 Å². The molecule has 27 heavy (non-hydrogen) atoms. The summed E-state index contributed by atoms with van der Waals surface area (Å²) < 4.78 is 11.2. The highest BCUT2D eigenvalue weighted by Gasteiger charge is 2.13. The number of rotatable bonds is 5. The molecule has 132 valence electrons. The standard InChI is InChI=1S/C20H14N4O3/c25-18(22-20-24-23-19(27-20)15-10-12-21-13-11-15)14-6-8-17(9-7-14)26-16-4-2-1-3-5-16/h1-13H,(H,22,24,25). The van der Waals surface area contributed by atoms with E-state index in [-0.39, 0.29) is 11.9 Å². The van der Waals surface area contributed by atoms with E-state index in [0.29, 0.717) is 17.2 Å². The van der Waals surface area contributed by atoms with Crippen LogP contribution in [-0.4, -0.2) is 21.1 Å². The SMILES string of the molecule is O=C(Nc1nnc(-c2ccncc2)o1)c1ccc(Oc2ccccc2)cc1. The first-order valence-electron chi connectivity index (χ1n) is 8.16. The number of ether oxygens (including phenoxy) is 1. The Morgan fingerprint density at radius 2 is 1.56 bits per heavy atom. The maximum Gasteiger partial charge on any atom is 0.322 e. The Morgan fingerprint density at radius 3 is 2.30 bits per heavy atom. The molecular weight excluding hydrogens is 344 g/mol. The number of hydrogen-bond acceptors (Lipinski definition) is 6. The van der Waals surface area contributed by atoms with E-state index in [0.717, 1.165) is 11.3 Å². The number of anilines is 1. The average molecular weight is 358 g/mol. The molecule has 0 atom stereocenters. The molecule has 0 saturated heterocycles. The lowest BCUT2D eigenvalue weighted by atomic mass is 10.2. The lowest BCUT2D eigenvalue weighted by Gasteiger charge is -2.06. The van der Waals surface area contributed by atoms with Gasteiger partial charge in [0.05, 0.1) is 0 Å². The van der Waals surface area contributed by atoms with E-state index in [1.54, 1.807) is 48.8 Å². The average Bonchev–Trinajstić information content (AvgIpc) is 3.18. The second-order valence-corrected chi connectivity index (χ2v) is 5.54. The van der Waals surface area contributed by atoms with Crippen molar-refractivity contribution in [1.82, 2.24) is 15.2 Å². The molecule has 4 rings (SSSR count). The molecule has 7 nitrogen and oxygen atoms in total. The summed E-state index contributed by atoms with van der Waals surface area (Å²) in [4.78, 5) is 16.3. The van der Waals surface area contributed by atoms with Crippen molar-refractivity contribution >= 4 is 11.9 Å². The first kappa shape index (κ1) is 16.5. The van der Waals surface area contributed by atoms with Gasteiger partial charge in [-0.25, -0.2) is 0 Å². The van der Waals surface area contributed by atoms with Crippen LogP contribution in [0.5, 0.6) is 11.5 Å². The highest BCUT2D eigenvalue weighted by atomic mass is 16.5. The Labute approximate surface area is 154 Å². The fraction of sp³-hybridized carbons (Fsp3) is 0. The zero-order valence-corrected chi connectivity index (χ0v) is 14.1. The number of amides is 1. The van der Waals surface area contributed by atoms with Gasteiger partial charge in [-0.05, 0) is 48.5 Å². The van der Waals surface area contributed by atoms with Gasteiger partial charge in [-0.15, -0.1) is 5.10 Å². The molecule has 1 amide bonds. The van der Waals surface area contributed by atoms with Crippen molar-refractivity contribution < 1.29 is 13.9 Å². The largest absolute Gasteiger partial charge is 0.457 e. The molecule has 7 heteroatoms. The minimum Gasteiger partial charge on any atom is -0.457 e. The molecule has 0 spiro atoms. The first-order chi connectivity index (χ1) is 13.3. The number of carbonyl (C=O) groups excluding carboxylic acids is 1. The van der Waals surface area contributed by atoms with Gasteiger partial charge in [0, 0.05) is 23.5 Å². The Hall–Kier alpha value is -4.00. The molecule has 0 fully saturated rings. The van der Waals surface area contributed by atoms with E-state index < -0.39 is 0 Å². The number of carbonyl (C=O) groups is 1. The van der Waals surface area contributed by atoms with Gasteiger partial charge in [0.25, 0.3) is 5.91 Å². The summed E-state index contributed by atoms with van der Waals surface area (Å²) in [5.74, 6) is 1.31. The van der Waals surface area contributed by atoms with Crippen LogP contribution in [0.1, 0.15) is 10.4 Å². The Kier molecular flexibility index (Phi) is 4.57. The predicted molar refractivity (Wildman–Crippen MR) is 98.4 cm³/mol. The number of nitrogens with zero attached hydrogens (tertiary/aromatic N) is 3. The molecular formula is C20H14N4O3. The fourth-order valence-electron chi connectivity index (χ4n) is 2.35. The van der Waals surface area contributed by atoms with Crippen molar-refractivity contribution in [2.24, 2.45) is 0 Å². The first-order valence-corrected chi connectivity index (χ1v) is 8.16. The second kappa shape index (κ2) is 7.49. The summed E-state index contributed by atoms with van der Waals surface area (Å²) in [7, 11) is 0. The lowest BCUT2D eigenvalue weighted by molar-refractivity contribution is 0.102. The number of hydrogen-bond donors (Lipinski definition) is 1. The summed E-state index contributed by atoms with van der Waals surface area (Å²) in [6.07, 6.45) is 3.24. The van der Waals surface area contributed by atoms with Crippen molar-refractivity contribution in [1.29, 1.82) is 0 Å². The van der Waals surface area contributed by atoms with Crippen LogP contribution in [0.3, 0.4) is 0 Å². The quantitative estimate of drug-likeness (QED) is 0.576. The second-order valence-electron chi connectivity index (χ2n) is 5.54. The molecule has 2 aromatic carbocycles. The number of aromatic nitrogens is 3. The molecule has 0 aliphatic heterocycles. The monoisotopic (exact) mass is 358 g/mol. The normalized spacial score (nSPS) is 10.4. The Bertz CT molecular complexity index is 1030. The number of pyridine rings is 1. The molecule has 0 aliphatic carbocycles. The molecule has 0 unspecified atom stereocenters. The Morgan fingerprint density at radius 1 is 0.852 bits per heavy atom. The van der Waals surface area contributed by atoms with E-state index in [2.05, 4.69) is 20.5 Å². The van der Waals surface area contributed by atoms with Crippen molar-refractivity contribution in [2.45, 2.75) is 0 Å². The third-order valence-electron chi connectivity index (χ3n) is 3.67. The van der Waals surface area contributed by atoms with Gasteiger partial charge in [0.15, 0.2) is 0 Å². The minimum absolute atomic E-state index is 0.0245. The third-order valence-corrected chi connectivity index (χ3v) is 3.67. The molecule has 0 radical (unpaired) electrons. The number of nitrogens with one attached hydrogen (secondary N) is 1. The highest BCUT2D eigenvalue weighted by Crippen LogP contribution is 2.22. The molecule has 2 heterocycles. The topological polar surface area (TPSA) is 90.1 Å². The van der Waals surface area contributed by atoms with Gasteiger partial charge < -0.3 is 9.15 Å². The zero-order chi connectivity index (χ0) is 18.5. The van der Waals surface area contributed by atoms with Crippen LogP contribution in [-0.2, 0) is 0 Å². The van der Waals surface area contributed by atoms with Gasteiger partial charge >= 0.3 is 6.01 Å². The van der Waals surface area contributed by atoms with E-state index in [9.17, 15) is 4.79 Å². The summed E-state index contributed by atoms with van der Waals surface area (Å²) in [5.41, 5.74) is 1.17. The number of para-hydroxylation sites is 1. The van der Waals surface area contributed by atoms with Crippen LogP contribution in [0.4, 0.5) is 6.01 Å². The lowest BCUT2D eigenvalue weighted by Crippen LogP contribution is -2.11. The van der Waals surface area contributed by atoms with Gasteiger partial charge in [-0.1, -0.05) is 23.3 Å². The van der Waals surface area contributed by atoms with Gasteiger partial charge in [-0.2, -0.15) is 0 Å². The van der Waals surface area contributed by atoms with E-state index >= 15 is 0 Å². The summed E-state index contributed by atoms with van der Waals surface area (Å²) >= 11 is 0. The van der Waals surface area contributed by atoms with Crippen LogP contribution in [0, 0.1) is 0 Å². The van der Waals surface area contributed by atoms with E-state index in [1.165, 1.54) is 0 Å². The molecule has 1 N–H and O–H groups in total. The van der Waals surface area contributed by atoms with Crippen molar-refractivity contribution in [3.63, 3.8) is 0 Å². The van der Waals surface area contributed by atoms with Crippen molar-refractivity contribution in [3.05, 3.63) is 84.7 Å². The van der Waals surface area contributed by atoms with E-state index in [4.69, 9.17) is 9.15 Å². The van der Waals surface area contributed by atoms with Gasteiger partial charge in [0.2, 0.25) is 5.89 Å². The smallest absolute Gasteiger partial charge is 0.322 e. The van der Waals surface area contributed by atoms with Crippen molar-refractivity contribution in [3.8, 4) is 23.0 Å². The molecule has 0 saturated carbocycles. The minimum atomic E-state index is -0.355. The van der Waals surface area contributed by atoms with E-state index in [1.807, 2.05) is 30.3 Å². The molecule has 4 aromatic rings. The van der Waals surface area contributed by atoms with Gasteiger partial charge in [0.1, 0.15) is 11.5 Å². The molecule has 0 aliphatic rings.